The van der Waals surface area contributed by atoms with E-state index in [2.05, 4.69) is 5.32 Å². The third-order valence-corrected chi connectivity index (χ3v) is 4.50. The van der Waals surface area contributed by atoms with Gasteiger partial charge in [-0.3, -0.25) is 4.79 Å². The minimum Gasteiger partial charge on any atom is -0.494 e. The van der Waals surface area contributed by atoms with Gasteiger partial charge in [-0.2, -0.15) is 0 Å². The first kappa shape index (κ1) is 18.5. The molecule has 24 heavy (non-hydrogen) atoms. The molecular weight excluding hydrogens is 334 g/mol. The lowest BCUT2D eigenvalue weighted by Gasteiger charge is -2.33. The van der Waals surface area contributed by atoms with Gasteiger partial charge in [0.2, 0.25) is 5.91 Å². The lowest BCUT2D eigenvalue weighted by molar-refractivity contribution is -0.152. The highest BCUT2D eigenvalue weighted by Crippen LogP contribution is 2.22. The molecule has 2 rings (SSSR count). The summed E-state index contributed by atoms with van der Waals surface area (Å²) in [6, 6.07) is 5.38. The van der Waals surface area contributed by atoms with Crippen molar-refractivity contribution in [3.8, 4) is 5.75 Å². The highest BCUT2D eigenvalue weighted by molar-refractivity contribution is 6.31. The Balaban J connectivity index is 1.76. The maximum absolute atomic E-state index is 12.0. The van der Waals surface area contributed by atoms with E-state index in [9.17, 15) is 14.7 Å². The number of hydrogen-bond acceptors (Lipinski definition) is 4. The molecule has 1 saturated heterocycles. The molecule has 1 aromatic rings. The smallest absolute Gasteiger partial charge is 0.329 e. The Morgan fingerprint density at radius 1 is 1.38 bits per heavy atom. The van der Waals surface area contributed by atoms with Crippen LogP contribution >= 0.6 is 11.6 Å². The second-order valence-corrected chi connectivity index (χ2v) is 6.32. The summed E-state index contributed by atoms with van der Waals surface area (Å²) in [6.45, 7) is 2.94. The minimum absolute atomic E-state index is 0.211. The van der Waals surface area contributed by atoms with E-state index in [4.69, 9.17) is 21.1 Å². The molecule has 0 aromatic heterocycles. The van der Waals surface area contributed by atoms with Crippen molar-refractivity contribution in [2.75, 3.05) is 19.8 Å². The molecule has 7 heteroatoms. The van der Waals surface area contributed by atoms with Crippen LogP contribution in [0.25, 0.3) is 0 Å². The molecule has 0 unspecified atom stereocenters. The number of aliphatic carboxylic acids is 1. The number of nitrogens with one attached hydrogen (secondary N) is 1. The first-order valence-electron chi connectivity index (χ1n) is 7.94. The van der Waals surface area contributed by atoms with Crippen molar-refractivity contribution < 1.29 is 24.2 Å². The lowest BCUT2D eigenvalue weighted by atomic mass is 9.90. The molecule has 1 amide bonds. The maximum Gasteiger partial charge on any atom is 0.329 e. The molecule has 0 radical (unpaired) electrons. The molecule has 1 aliphatic rings. The molecule has 1 fully saturated rings. The van der Waals surface area contributed by atoms with Gasteiger partial charge in [0.15, 0.2) is 0 Å². The first-order chi connectivity index (χ1) is 11.4. The average Bonchev–Trinajstić information content (AvgIpc) is 2.55. The number of hydrogen-bond donors (Lipinski definition) is 2. The number of carboxylic acids is 1. The lowest BCUT2D eigenvalue weighted by Crippen LogP contribution is -2.57. The van der Waals surface area contributed by atoms with Gasteiger partial charge >= 0.3 is 5.97 Å². The molecule has 2 N–H and O–H groups in total. The van der Waals surface area contributed by atoms with Gasteiger partial charge in [-0.1, -0.05) is 11.6 Å². The van der Waals surface area contributed by atoms with E-state index in [-0.39, 0.29) is 25.2 Å². The Kier molecular flexibility index (Phi) is 6.45. The highest BCUT2D eigenvalue weighted by atomic mass is 35.5. The van der Waals surface area contributed by atoms with Crippen molar-refractivity contribution in [1.82, 2.24) is 5.32 Å². The zero-order valence-corrected chi connectivity index (χ0v) is 14.4. The van der Waals surface area contributed by atoms with Gasteiger partial charge in [-0.15, -0.1) is 0 Å². The topological polar surface area (TPSA) is 84.9 Å². The number of amides is 1. The summed E-state index contributed by atoms with van der Waals surface area (Å²) in [7, 11) is 0. The molecule has 1 aliphatic heterocycles. The summed E-state index contributed by atoms with van der Waals surface area (Å²) in [6.07, 6.45) is 1.28. The van der Waals surface area contributed by atoms with E-state index >= 15 is 0 Å². The summed E-state index contributed by atoms with van der Waals surface area (Å²) in [4.78, 5) is 23.5. The number of aryl methyl sites for hydroxylation is 1. The maximum atomic E-state index is 12.0. The summed E-state index contributed by atoms with van der Waals surface area (Å²) < 4.78 is 10.8. The van der Waals surface area contributed by atoms with Crippen LogP contribution in [0.1, 0.15) is 31.2 Å². The van der Waals surface area contributed by atoms with Crippen LogP contribution < -0.4 is 10.1 Å². The predicted molar refractivity (Wildman–Crippen MR) is 89.5 cm³/mol. The van der Waals surface area contributed by atoms with Crippen LogP contribution in [-0.2, 0) is 14.3 Å². The summed E-state index contributed by atoms with van der Waals surface area (Å²) in [5.41, 5.74) is -0.279. The first-order valence-corrected chi connectivity index (χ1v) is 8.32. The standard InChI is InChI=1S/C17H22ClNO5/c1-12-11-13(4-5-14(12)18)24-8-2-3-15(20)19-17(16(21)22)6-9-23-10-7-17/h4-5,11H,2-3,6-10H2,1H3,(H,19,20)(H,21,22). The number of benzene rings is 1. The van der Waals surface area contributed by atoms with Gasteiger partial charge in [0.25, 0.3) is 0 Å². The number of carboxylic acid groups (broad SMARTS) is 1. The fourth-order valence-corrected chi connectivity index (χ4v) is 2.69. The molecular formula is C17H22ClNO5. The molecule has 0 aliphatic carbocycles. The molecule has 0 spiro atoms. The van der Waals surface area contributed by atoms with E-state index < -0.39 is 11.5 Å². The SMILES string of the molecule is Cc1cc(OCCCC(=O)NC2(C(=O)O)CCOCC2)ccc1Cl. The van der Waals surface area contributed by atoms with Gasteiger partial charge in [0.05, 0.1) is 6.61 Å². The quantitative estimate of drug-likeness (QED) is 0.734. The molecule has 6 nitrogen and oxygen atoms in total. The summed E-state index contributed by atoms with van der Waals surface area (Å²) in [5.74, 6) is -0.592. The molecule has 1 heterocycles. The van der Waals surface area contributed by atoms with Crippen molar-refractivity contribution in [3.05, 3.63) is 28.8 Å². The Hall–Kier alpha value is -1.79. The molecule has 0 atom stereocenters. The molecule has 0 saturated carbocycles. The van der Waals surface area contributed by atoms with Crippen molar-refractivity contribution >= 4 is 23.5 Å². The minimum atomic E-state index is -1.20. The monoisotopic (exact) mass is 355 g/mol. The van der Waals surface area contributed by atoms with E-state index in [1.807, 2.05) is 13.0 Å². The summed E-state index contributed by atoms with van der Waals surface area (Å²) in [5, 5.41) is 12.7. The number of rotatable bonds is 7. The van der Waals surface area contributed by atoms with Crippen LogP contribution in [0.5, 0.6) is 5.75 Å². The number of ether oxygens (including phenoxy) is 2. The van der Waals surface area contributed by atoms with E-state index in [0.717, 1.165) is 5.56 Å². The van der Waals surface area contributed by atoms with Crippen molar-refractivity contribution in [2.45, 2.75) is 38.1 Å². The second kappa shape index (κ2) is 8.35. The second-order valence-electron chi connectivity index (χ2n) is 5.91. The van der Waals surface area contributed by atoms with Crippen molar-refractivity contribution in [1.29, 1.82) is 0 Å². The van der Waals surface area contributed by atoms with Crippen LogP contribution in [0.15, 0.2) is 18.2 Å². The zero-order chi connectivity index (χ0) is 17.6. The third kappa shape index (κ3) is 4.85. The Bertz CT molecular complexity index is 599. The molecule has 1 aromatic carbocycles. The van der Waals surface area contributed by atoms with E-state index in [1.54, 1.807) is 12.1 Å². The normalized spacial score (nSPS) is 16.4. The van der Waals surface area contributed by atoms with Crippen molar-refractivity contribution in [3.63, 3.8) is 0 Å². The fourth-order valence-electron chi connectivity index (χ4n) is 2.57. The predicted octanol–water partition coefficient (Wildman–Crippen LogP) is 2.56. The average molecular weight is 356 g/mol. The zero-order valence-electron chi connectivity index (χ0n) is 13.6. The Morgan fingerprint density at radius 3 is 2.71 bits per heavy atom. The number of halogens is 1. The Morgan fingerprint density at radius 2 is 2.08 bits per heavy atom. The number of carbonyl (C=O) groups is 2. The van der Waals surface area contributed by atoms with Gasteiger partial charge in [0, 0.05) is 37.5 Å². The highest BCUT2D eigenvalue weighted by Gasteiger charge is 2.41. The van der Waals surface area contributed by atoms with E-state index in [0.29, 0.717) is 37.0 Å². The van der Waals surface area contributed by atoms with Crippen LogP contribution in [-0.4, -0.2) is 42.3 Å². The largest absolute Gasteiger partial charge is 0.494 e. The van der Waals surface area contributed by atoms with Crippen LogP contribution in [0.3, 0.4) is 0 Å². The van der Waals surface area contributed by atoms with Gasteiger partial charge in [0.1, 0.15) is 11.3 Å². The van der Waals surface area contributed by atoms with Gasteiger partial charge in [-0.05, 0) is 37.1 Å². The summed E-state index contributed by atoms with van der Waals surface area (Å²) >= 11 is 5.95. The van der Waals surface area contributed by atoms with Gasteiger partial charge in [-0.25, -0.2) is 4.79 Å². The third-order valence-electron chi connectivity index (χ3n) is 4.08. The van der Waals surface area contributed by atoms with Crippen molar-refractivity contribution in [2.24, 2.45) is 0 Å². The van der Waals surface area contributed by atoms with E-state index in [1.165, 1.54) is 0 Å². The van der Waals surface area contributed by atoms with Crippen LogP contribution in [0, 0.1) is 6.92 Å². The van der Waals surface area contributed by atoms with Crippen LogP contribution in [0.4, 0.5) is 0 Å². The van der Waals surface area contributed by atoms with Gasteiger partial charge < -0.3 is 19.9 Å². The van der Waals surface area contributed by atoms with Crippen LogP contribution in [0.2, 0.25) is 5.02 Å². The Labute approximate surface area is 146 Å². The molecule has 0 bridgehead atoms. The fraction of sp³-hybridized carbons (Fsp3) is 0.529. The molecule has 132 valence electrons. The number of carbonyl (C=O) groups excluding carboxylic acids is 1.